The third-order valence-corrected chi connectivity index (χ3v) is 1.90. The lowest BCUT2D eigenvalue weighted by Gasteiger charge is -2.04. The minimum absolute atomic E-state index is 0.0949. The van der Waals surface area contributed by atoms with Gasteiger partial charge in [0.1, 0.15) is 0 Å². The van der Waals surface area contributed by atoms with Crippen LogP contribution in [0.4, 0.5) is 0 Å². The third kappa shape index (κ3) is 1.55. The number of hydrogen-bond donors (Lipinski definition) is 1. The molecule has 0 heterocycles. The maximum atomic E-state index is 9.30. The molecule has 0 radical (unpaired) electrons. The quantitative estimate of drug-likeness (QED) is 0.571. The van der Waals surface area contributed by atoms with Crippen LogP contribution < -0.4 is 0 Å². The molecule has 1 N–H and O–H groups in total. The summed E-state index contributed by atoms with van der Waals surface area (Å²) < 4.78 is 0. The van der Waals surface area contributed by atoms with Gasteiger partial charge in [0.2, 0.25) is 0 Å². The van der Waals surface area contributed by atoms with Crippen molar-refractivity contribution >= 4 is 0 Å². The van der Waals surface area contributed by atoms with E-state index in [1.165, 1.54) is 5.57 Å². The van der Waals surface area contributed by atoms with E-state index in [0.29, 0.717) is 5.92 Å². The van der Waals surface area contributed by atoms with E-state index in [-0.39, 0.29) is 6.10 Å². The molecule has 0 aliphatic heterocycles. The molecule has 0 saturated heterocycles. The molecule has 0 bridgehead atoms. The van der Waals surface area contributed by atoms with Crippen LogP contribution in [0.2, 0.25) is 0 Å². The highest BCUT2D eigenvalue weighted by Gasteiger charge is 2.33. The lowest BCUT2D eigenvalue weighted by Crippen LogP contribution is -2.07. The first-order valence-corrected chi connectivity index (χ1v) is 3.61. The van der Waals surface area contributed by atoms with E-state index >= 15 is 0 Å². The maximum absolute atomic E-state index is 9.30. The average molecular weight is 126 g/mol. The minimum Gasteiger partial charge on any atom is -0.392 e. The Labute approximate surface area is 56.4 Å². The van der Waals surface area contributed by atoms with Gasteiger partial charge in [0.05, 0.1) is 6.10 Å². The summed E-state index contributed by atoms with van der Waals surface area (Å²) in [6.45, 7) is 5.88. The molecule has 1 saturated carbocycles. The Bertz CT molecular complexity index is 118. The topological polar surface area (TPSA) is 20.2 Å². The highest BCUT2D eigenvalue weighted by molar-refractivity contribution is 5.20. The van der Waals surface area contributed by atoms with Crippen LogP contribution in [-0.4, -0.2) is 11.2 Å². The molecule has 1 heteroatoms. The zero-order valence-electron chi connectivity index (χ0n) is 5.93. The fourth-order valence-corrected chi connectivity index (χ4v) is 1.13. The van der Waals surface area contributed by atoms with Gasteiger partial charge in [0.15, 0.2) is 0 Å². The van der Waals surface area contributed by atoms with Crippen LogP contribution in [0, 0.1) is 5.92 Å². The molecule has 0 amide bonds. The highest BCUT2D eigenvalue weighted by atomic mass is 16.3. The second-order valence-electron chi connectivity index (χ2n) is 2.82. The van der Waals surface area contributed by atoms with Crippen molar-refractivity contribution in [3.63, 3.8) is 0 Å². The van der Waals surface area contributed by atoms with Crippen molar-refractivity contribution in [1.82, 2.24) is 0 Å². The number of hydrogen-bond acceptors (Lipinski definition) is 1. The average Bonchev–Trinajstić information content (AvgIpc) is 2.47. The molecule has 0 spiro atoms. The zero-order chi connectivity index (χ0) is 6.85. The minimum atomic E-state index is -0.0949. The van der Waals surface area contributed by atoms with E-state index < -0.39 is 0 Å². The Morgan fingerprint density at radius 3 is 2.78 bits per heavy atom. The van der Waals surface area contributed by atoms with Gasteiger partial charge in [-0.25, -0.2) is 0 Å². The van der Waals surface area contributed by atoms with E-state index in [9.17, 15) is 5.11 Å². The van der Waals surface area contributed by atoms with Gasteiger partial charge in [-0.05, 0) is 12.8 Å². The molecule has 9 heavy (non-hydrogen) atoms. The van der Waals surface area contributed by atoms with Crippen LogP contribution >= 0.6 is 0 Å². The molecule has 0 aromatic carbocycles. The van der Waals surface area contributed by atoms with Crippen LogP contribution in [0.3, 0.4) is 0 Å². The summed E-state index contributed by atoms with van der Waals surface area (Å²) in [4.78, 5) is 0. The van der Waals surface area contributed by atoms with Gasteiger partial charge in [0.25, 0.3) is 0 Å². The molecule has 52 valence electrons. The lowest BCUT2D eigenvalue weighted by molar-refractivity contribution is 0.145. The zero-order valence-corrected chi connectivity index (χ0v) is 5.93. The normalized spacial score (nSPS) is 28.2. The Morgan fingerprint density at radius 2 is 2.44 bits per heavy atom. The predicted molar refractivity (Wildman–Crippen MR) is 38.2 cm³/mol. The first-order chi connectivity index (χ1) is 4.25. The molecule has 1 nitrogen and oxygen atoms in total. The fourth-order valence-electron chi connectivity index (χ4n) is 1.13. The fraction of sp³-hybridized carbons (Fsp3) is 0.750. The highest BCUT2D eigenvalue weighted by Crippen LogP contribution is 2.39. The standard InChI is InChI=1S/C8H14O/c1-3-4-8(9)7-5-6(7)2/h7-9H,2-5H2,1H3. The first-order valence-electron chi connectivity index (χ1n) is 3.61. The van der Waals surface area contributed by atoms with Crippen molar-refractivity contribution in [2.24, 2.45) is 5.92 Å². The van der Waals surface area contributed by atoms with Crippen molar-refractivity contribution in [3.05, 3.63) is 12.2 Å². The Morgan fingerprint density at radius 1 is 1.89 bits per heavy atom. The number of aliphatic hydroxyl groups is 1. The molecular formula is C8H14O. The van der Waals surface area contributed by atoms with Gasteiger partial charge >= 0.3 is 0 Å². The van der Waals surface area contributed by atoms with Crippen molar-refractivity contribution < 1.29 is 5.11 Å². The number of rotatable bonds is 3. The van der Waals surface area contributed by atoms with E-state index in [1.807, 2.05) is 0 Å². The molecule has 1 aliphatic rings. The Kier molecular flexibility index (Phi) is 1.91. The van der Waals surface area contributed by atoms with Gasteiger partial charge in [-0.1, -0.05) is 25.5 Å². The largest absolute Gasteiger partial charge is 0.392 e. The van der Waals surface area contributed by atoms with Gasteiger partial charge in [-0.3, -0.25) is 0 Å². The van der Waals surface area contributed by atoms with Crippen LogP contribution in [0.15, 0.2) is 12.2 Å². The van der Waals surface area contributed by atoms with Gasteiger partial charge in [-0.15, -0.1) is 0 Å². The SMILES string of the molecule is C=C1CC1C(O)CCC. The Hall–Kier alpha value is -0.300. The summed E-state index contributed by atoms with van der Waals surface area (Å²) >= 11 is 0. The summed E-state index contributed by atoms with van der Waals surface area (Å²) in [7, 11) is 0. The van der Waals surface area contributed by atoms with Gasteiger partial charge < -0.3 is 5.11 Å². The smallest absolute Gasteiger partial charge is 0.0608 e. The van der Waals surface area contributed by atoms with Crippen LogP contribution in [-0.2, 0) is 0 Å². The number of aliphatic hydroxyl groups excluding tert-OH is 1. The summed E-state index contributed by atoms with van der Waals surface area (Å²) in [5, 5.41) is 9.30. The summed E-state index contributed by atoms with van der Waals surface area (Å²) in [6, 6.07) is 0. The second-order valence-corrected chi connectivity index (χ2v) is 2.82. The lowest BCUT2D eigenvalue weighted by atomic mass is 10.1. The van der Waals surface area contributed by atoms with E-state index in [2.05, 4.69) is 13.5 Å². The monoisotopic (exact) mass is 126 g/mol. The van der Waals surface area contributed by atoms with Gasteiger partial charge in [0, 0.05) is 5.92 Å². The molecule has 2 atom stereocenters. The third-order valence-electron chi connectivity index (χ3n) is 1.90. The van der Waals surface area contributed by atoms with Crippen LogP contribution in [0.5, 0.6) is 0 Å². The first kappa shape index (κ1) is 6.81. The Balaban J connectivity index is 2.19. The summed E-state index contributed by atoms with van der Waals surface area (Å²) in [5.41, 5.74) is 1.23. The summed E-state index contributed by atoms with van der Waals surface area (Å²) in [6.07, 6.45) is 2.97. The summed E-state index contributed by atoms with van der Waals surface area (Å²) in [5.74, 6) is 0.449. The van der Waals surface area contributed by atoms with Crippen LogP contribution in [0.25, 0.3) is 0 Å². The van der Waals surface area contributed by atoms with Crippen molar-refractivity contribution in [3.8, 4) is 0 Å². The van der Waals surface area contributed by atoms with Crippen molar-refractivity contribution in [2.75, 3.05) is 0 Å². The molecule has 1 rings (SSSR count). The van der Waals surface area contributed by atoms with E-state index in [1.54, 1.807) is 0 Å². The van der Waals surface area contributed by atoms with Crippen molar-refractivity contribution in [2.45, 2.75) is 32.3 Å². The predicted octanol–water partition coefficient (Wildman–Crippen LogP) is 1.72. The van der Waals surface area contributed by atoms with Crippen LogP contribution in [0.1, 0.15) is 26.2 Å². The van der Waals surface area contributed by atoms with Crippen molar-refractivity contribution in [1.29, 1.82) is 0 Å². The molecule has 1 aliphatic carbocycles. The maximum Gasteiger partial charge on any atom is 0.0608 e. The molecular weight excluding hydrogens is 112 g/mol. The molecule has 0 aromatic heterocycles. The molecule has 0 aromatic rings. The molecule has 1 fully saturated rings. The van der Waals surface area contributed by atoms with E-state index in [0.717, 1.165) is 19.3 Å². The van der Waals surface area contributed by atoms with Gasteiger partial charge in [-0.2, -0.15) is 0 Å². The van der Waals surface area contributed by atoms with E-state index in [4.69, 9.17) is 0 Å². The second kappa shape index (κ2) is 2.53. The molecule has 2 unspecified atom stereocenters.